The molecule has 0 saturated carbocycles. The molecule has 1 aliphatic heterocycles. The van der Waals surface area contributed by atoms with Gasteiger partial charge in [-0.25, -0.2) is 13.2 Å². The largest absolute Gasteiger partial charge is 0.325 e. The lowest BCUT2D eigenvalue weighted by molar-refractivity contribution is 0.200. The van der Waals surface area contributed by atoms with E-state index in [1.54, 1.807) is 18.7 Å². The predicted octanol–water partition coefficient (Wildman–Crippen LogP) is 3.60. The fraction of sp³-hybridized carbons (Fsp3) is 0.615. The molecule has 1 fully saturated rings. The summed E-state index contributed by atoms with van der Waals surface area (Å²) >= 11 is 7.28. The number of carbonyl (C=O) groups is 1. The monoisotopic (exact) mass is 350 g/mol. The van der Waals surface area contributed by atoms with Gasteiger partial charge in [0.05, 0.1) is 15.2 Å². The van der Waals surface area contributed by atoms with Gasteiger partial charge in [-0.2, -0.15) is 0 Å². The van der Waals surface area contributed by atoms with Crippen molar-refractivity contribution >= 4 is 43.8 Å². The molecular weight excluding hydrogens is 332 g/mol. The fourth-order valence-electron chi connectivity index (χ4n) is 2.13. The summed E-state index contributed by atoms with van der Waals surface area (Å²) in [6.07, 6.45) is 3.14. The first-order valence-electron chi connectivity index (χ1n) is 6.91. The average Bonchev–Trinajstić information content (AvgIpc) is 2.81. The van der Waals surface area contributed by atoms with Crippen LogP contribution in [-0.4, -0.2) is 37.7 Å². The van der Waals surface area contributed by atoms with Gasteiger partial charge in [-0.3, -0.25) is 5.32 Å². The van der Waals surface area contributed by atoms with E-state index in [2.05, 4.69) is 5.32 Å². The van der Waals surface area contributed by atoms with E-state index in [0.29, 0.717) is 5.00 Å². The van der Waals surface area contributed by atoms with Gasteiger partial charge in [-0.15, -0.1) is 11.3 Å². The number of nitrogens with one attached hydrogen (secondary N) is 1. The molecule has 0 bridgehead atoms. The van der Waals surface area contributed by atoms with Gasteiger partial charge < -0.3 is 4.90 Å². The smallest absolute Gasteiger partial charge is 0.322 e. The summed E-state index contributed by atoms with van der Waals surface area (Å²) in [6.45, 7) is 4.67. The second-order valence-corrected chi connectivity index (χ2v) is 9.04. The molecule has 2 rings (SSSR count). The van der Waals surface area contributed by atoms with E-state index >= 15 is 0 Å². The third kappa shape index (κ3) is 3.52. The molecule has 0 aromatic carbocycles. The highest BCUT2D eigenvalue weighted by Gasteiger charge is 2.27. The lowest BCUT2D eigenvalue weighted by Gasteiger charge is -2.26. The molecule has 1 aliphatic rings. The molecule has 8 heteroatoms. The number of halogens is 1. The Hall–Kier alpha value is -0.790. The van der Waals surface area contributed by atoms with Crippen LogP contribution in [0.25, 0.3) is 0 Å². The molecule has 1 aromatic heterocycles. The Balaban J connectivity index is 2.15. The Kier molecular flexibility index (Phi) is 5.16. The van der Waals surface area contributed by atoms with Crippen LogP contribution in [0.2, 0.25) is 5.02 Å². The van der Waals surface area contributed by atoms with Crippen molar-refractivity contribution in [2.75, 3.05) is 18.4 Å². The number of rotatable bonds is 3. The molecule has 0 atom stereocenters. The first-order chi connectivity index (χ1) is 9.84. The Bertz CT molecular complexity index is 619. The topological polar surface area (TPSA) is 66.5 Å². The number of hydrogen-bond acceptors (Lipinski definition) is 4. The molecule has 0 spiro atoms. The van der Waals surface area contributed by atoms with E-state index in [4.69, 9.17) is 11.6 Å². The van der Waals surface area contributed by atoms with E-state index in [0.717, 1.165) is 43.7 Å². The Morgan fingerprint density at radius 2 is 1.95 bits per heavy atom. The zero-order valence-electron chi connectivity index (χ0n) is 12.1. The molecule has 0 aliphatic carbocycles. The van der Waals surface area contributed by atoms with Crippen molar-refractivity contribution in [2.24, 2.45) is 0 Å². The average molecular weight is 351 g/mol. The van der Waals surface area contributed by atoms with Gasteiger partial charge in [0.1, 0.15) is 5.00 Å². The number of hydrogen-bond donors (Lipinski definition) is 1. The van der Waals surface area contributed by atoms with Gasteiger partial charge >= 0.3 is 6.03 Å². The summed E-state index contributed by atoms with van der Waals surface area (Å²) in [5.41, 5.74) is 0. The van der Waals surface area contributed by atoms with Crippen molar-refractivity contribution in [1.82, 2.24) is 4.90 Å². The van der Waals surface area contributed by atoms with E-state index in [-0.39, 0.29) is 15.9 Å². The number of anilines is 1. The molecule has 5 nitrogen and oxygen atoms in total. The normalized spacial score (nSPS) is 16.3. The molecule has 0 unspecified atom stereocenters. The van der Waals surface area contributed by atoms with Crippen molar-refractivity contribution in [2.45, 2.75) is 43.3 Å². The van der Waals surface area contributed by atoms with Gasteiger partial charge in [0.15, 0.2) is 9.84 Å². The Morgan fingerprint density at radius 3 is 2.52 bits per heavy atom. The summed E-state index contributed by atoms with van der Waals surface area (Å²) in [4.78, 5) is 14.0. The minimum atomic E-state index is -3.43. The number of amides is 2. The summed E-state index contributed by atoms with van der Waals surface area (Å²) < 4.78 is 24.3. The Labute approximate surface area is 134 Å². The second-order valence-electron chi connectivity index (χ2n) is 5.31. The van der Waals surface area contributed by atoms with Gasteiger partial charge in [-0.05, 0) is 33.1 Å². The maximum absolute atomic E-state index is 12.2. The van der Waals surface area contributed by atoms with E-state index < -0.39 is 15.1 Å². The van der Waals surface area contributed by atoms with Gasteiger partial charge in [0.2, 0.25) is 0 Å². The SMILES string of the molecule is CC(C)S(=O)(=O)c1csc(NC(=O)N2CCCCC2)c1Cl. The number of urea groups is 1. The third-order valence-corrected chi connectivity index (χ3v) is 7.33. The van der Waals surface area contributed by atoms with Crippen LogP contribution in [0.1, 0.15) is 33.1 Å². The van der Waals surface area contributed by atoms with Gasteiger partial charge in [0, 0.05) is 18.5 Å². The van der Waals surface area contributed by atoms with Crippen molar-refractivity contribution in [3.05, 3.63) is 10.4 Å². The van der Waals surface area contributed by atoms with Crippen molar-refractivity contribution in [3.63, 3.8) is 0 Å². The van der Waals surface area contributed by atoms with Crippen molar-refractivity contribution in [1.29, 1.82) is 0 Å². The van der Waals surface area contributed by atoms with Crippen molar-refractivity contribution < 1.29 is 13.2 Å². The van der Waals surface area contributed by atoms with Gasteiger partial charge in [-0.1, -0.05) is 11.6 Å². The quantitative estimate of drug-likeness (QED) is 0.905. The number of thiophene rings is 1. The molecule has 0 radical (unpaired) electrons. The van der Waals surface area contributed by atoms with Crippen LogP contribution in [0.15, 0.2) is 10.3 Å². The highest BCUT2D eigenvalue weighted by molar-refractivity contribution is 7.92. The van der Waals surface area contributed by atoms with E-state index in [9.17, 15) is 13.2 Å². The maximum Gasteiger partial charge on any atom is 0.322 e. The zero-order chi connectivity index (χ0) is 15.6. The summed E-state index contributed by atoms with van der Waals surface area (Å²) in [5.74, 6) is 0. The number of carbonyl (C=O) groups excluding carboxylic acids is 1. The van der Waals surface area contributed by atoms with Gasteiger partial charge in [0.25, 0.3) is 0 Å². The van der Waals surface area contributed by atoms with Crippen LogP contribution in [0.4, 0.5) is 9.80 Å². The highest BCUT2D eigenvalue weighted by Crippen LogP contribution is 2.37. The molecular formula is C13H19ClN2O3S2. The second kappa shape index (κ2) is 6.54. The number of nitrogens with zero attached hydrogens (tertiary/aromatic N) is 1. The van der Waals surface area contributed by atoms with E-state index in [1.165, 1.54) is 5.38 Å². The first-order valence-corrected chi connectivity index (χ1v) is 9.71. The molecule has 1 N–H and O–H groups in total. The van der Waals surface area contributed by atoms with Crippen LogP contribution >= 0.6 is 22.9 Å². The third-order valence-electron chi connectivity index (χ3n) is 3.49. The van der Waals surface area contributed by atoms with Crippen molar-refractivity contribution in [3.8, 4) is 0 Å². The first kappa shape index (κ1) is 16.6. The number of sulfone groups is 1. The molecule has 21 heavy (non-hydrogen) atoms. The van der Waals surface area contributed by atoms with Crippen LogP contribution in [0.3, 0.4) is 0 Å². The zero-order valence-corrected chi connectivity index (χ0v) is 14.4. The molecule has 1 saturated heterocycles. The highest BCUT2D eigenvalue weighted by atomic mass is 35.5. The minimum Gasteiger partial charge on any atom is -0.325 e. The maximum atomic E-state index is 12.2. The number of piperidine rings is 1. The van der Waals surface area contributed by atoms with Crippen LogP contribution in [0.5, 0.6) is 0 Å². The van der Waals surface area contributed by atoms with E-state index in [1.807, 2.05) is 0 Å². The van der Waals surface area contributed by atoms with Crippen LogP contribution in [-0.2, 0) is 9.84 Å². The fourth-order valence-corrected chi connectivity index (χ4v) is 5.06. The van der Waals surface area contributed by atoms with Crippen LogP contribution < -0.4 is 5.32 Å². The molecule has 2 heterocycles. The Morgan fingerprint density at radius 1 is 1.33 bits per heavy atom. The number of likely N-dealkylation sites (tertiary alicyclic amines) is 1. The molecule has 118 valence electrons. The lowest BCUT2D eigenvalue weighted by atomic mass is 10.1. The summed E-state index contributed by atoms with van der Waals surface area (Å²) in [5, 5.41) is 4.17. The summed E-state index contributed by atoms with van der Waals surface area (Å²) in [7, 11) is -3.43. The molecule has 2 amide bonds. The standard InChI is InChI=1S/C13H19ClN2O3S2/c1-9(2)21(18,19)10-8-20-12(11(10)14)15-13(17)16-6-4-3-5-7-16/h8-9H,3-7H2,1-2H3,(H,15,17). The predicted molar refractivity (Wildman–Crippen MR) is 86.1 cm³/mol. The van der Waals surface area contributed by atoms with Crippen LogP contribution in [0, 0.1) is 0 Å². The molecule has 1 aromatic rings. The summed E-state index contributed by atoms with van der Waals surface area (Å²) in [6, 6.07) is -0.216. The minimum absolute atomic E-state index is 0.0955. The lowest BCUT2D eigenvalue weighted by Crippen LogP contribution is -2.38.